The maximum Gasteiger partial charge on any atom is 0.127 e. The van der Waals surface area contributed by atoms with Crippen LogP contribution in [0.4, 0.5) is 21.5 Å². The van der Waals surface area contributed by atoms with Crippen molar-refractivity contribution in [3.63, 3.8) is 0 Å². The zero-order valence-electron chi connectivity index (χ0n) is 8.37. The average Bonchev–Trinajstić information content (AvgIpc) is 2.20. The number of nitrogens with two attached hydrogens (primary N) is 1. The molecule has 0 atom stereocenters. The van der Waals surface area contributed by atoms with Gasteiger partial charge in [-0.15, -0.1) is 0 Å². The number of rotatable bonds is 2. The van der Waals surface area contributed by atoms with E-state index in [0.717, 1.165) is 9.26 Å². The highest BCUT2D eigenvalue weighted by atomic mass is 127. The van der Waals surface area contributed by atoms with Crippen LogP contribution >= 0.6 is 22.6 Å². The summed E-state index contributed by atoms with van der Waals surface area (Å²) in [5, 5.41) is 3.09. The zero-order valence-corrected chi connectivity index (χ0v) is 10.5. The van der Waals surface area contributed by atoms with Crippen molar-refractivity contribution in [2.24, 2.45) is 0 Å². The third-order valence-corrected chi connectivity index (χ3v) is 2.77. The Balaban J connectivity index is 2.23. The van der Waals surface area contributed by atoms with Crippen LogP contribution in [0.5, 0.6) is 0 Å². The van der Waals surface area contributed by atoms with Gasteiger partial charge in [-0.2, -0.15) is 0 Å². The molecule has 0 bridgehead atoms. The third-order valence-electron chi connectivity index (χ3n) is 2.05. The van der Waals surface area contributed by atoms with Gasteiger partial charge in [0.25, 0.3) is 0 Å². The van der Waals surface area contributed by atoms with Crippen LogP contribution < -0.4 is 11.1 Å². The predicted molar refractivity (Wildman–Crippen MR) is 73.3 cm³/mol. The van der Waals surface area contributed by atoms with Crippen LogP contribution in [0, 0.1) is 9.39 Å². The van der Waals surface area contributed by atoms with Crippen LogP contribution in [0.3, 0.4) is 0 Å². The zero-order chi connectivity index (χ0) is 11.5. The number of halogens is 2. The van der Waals surface area contributed by atoms with Crippen molar-refractivity contribution in [1.82, 2.24) is 0 Å². The predicted octanol–water partition coefficient (Wildman–Crippen LogP) is 3.76. The topological polar surface area (TPSA) is 38.0 Å². The smallest absolute Gasteiger partial charge is 0.127 e. The highest BCUT2D eigenvalue weighted by molar-refractivity contribution is 14.1. The van der Waals surface area contributed by atoms with Gasteiger partial charge in [0.1, 0.15) is 5.82 Å². The van der Waals surface area contributed by atoms with Crippen LogP contribution in [-0.4, -0.2) is 0 Å². The average molecular weight is 328 g/mol. The van der Waals surface area contributed by atoms with Gasteiger partial charge in [0.2, 0.25) is 0 Å². The van der Waals surface area contributed by atoms with Crippen LogP contribution in [0.2, 0.25) is 0 Å². The summed E-state index contributed by atoms with van der Waals surface area (Å²) >= 11 is 2.23. The molecule has 0 amide bonds. The molecule has 0 aliphatic carbocycles. The first-order valence-electron chi connectivity index (χ1n) is 4.72. The maximum absolute atomic E-state index is 13.1. The fourth-order valence-corrected chi connectivity index (χ4v) is 1.74. The Labute approximate surface area is 107 Å². The Morgan fingerprint density at radius 2 is 1.69 bits per heavy atom. The second-order valence-electron chi connectivity index (χ2n) is 3.41. The highest BCUT2D eigenvalue weighted by Crippen LogP contribution is 2.21. The lowest BCUT2D eigenvalue weighted by Gasteiger charge is -2.07. The Kier molecular flexibility index (Phi) is 3.28. The van der Waals surface area contributed by atoms with Gasteiger partial charge >= 0.3 is 0 Å². The van der Waals surface area contributed by atoms with Crippen molar-refractivity contribution in [2.45, 2.75) is 0 Å². The van der Waals surface area contributed by atoms with Gasteiger partial charge in [0.15, 0.2) is 0 Å². The summed E-state index contributed by atoms with van der Waals surface area (Å²) in [5.74, 6) is -0.340. The van der Waals surface area contributed by atoms with Crippen LogP contribution in [0.15, 0.2) is 42.5 Å². The fraction of sp³-hybridized carbons (Fsp3) is 0. The molecule has 82 valence electrons. The molecule has 16 heavy (non-hydrogen) atoms. The van der Waals surface area contributed by atoms with E-state index in [4.69, 9.17) is 5.73 Å². The third kappa shape index (κ3) is 2.85. The van der Waals surface area contributed by atoms with E-state index in [0.29, 0.717) is 11.4 Å². The highest BCUT2D eigenvalue weighted by Gasteiger charge is 1.99. The van der Waals surface area contributed by atoms with E-state index < -0.39 is 0 Å². The minimum atomic E-state index is -0.340. The maximum atomic E-state index is 13.1. The minimum Gasteiger partial charge on any atom is -0.399 e. The Bertz CT molecular complexity index is 477. The van der Waals surface area contributed by atoms with Crippen molar-refractivity contribution in [3.8, 4) is 0 Å². The molecule has 0 saturated carbocycles. The van der Waals surface area contributed by atoms with Gasteiger partial charge in [0.05, 0.1) is 0 Å². The minimum absolute atomic E-state index is 0.340. The van der Waals surface area contributed by atoms with Gasteiger partial charge in [-0.25, -0.2) is 4.39 Å². The summed E-state index contributed by atoms with van der Waals surface area (Å²) in [5.41, 5.74) is 7.53. The largest absolute Gasteiger partial charge is 0.399 e. The normalized spacial score (nSPS) is 10.1. The molecule has 2 aromatic carbocycles. The molecule has 0 fully saturated rings. The number of nitrogen functional groups attached to an aromatic ring is 1. The molecular formula is C12H10FIN2. The van der Waals surface area contributed by atoms with Crippen molar-refractivity contribution in [1.29, 1.82) is 0 Å². The molecule has 0 aliphatic heterocycles. The molecule has 0 heterocycles. The van der Waals surface area contributed by atoms with E-state index in [1.807, 2.05) is 24.3 Å². The Morgan fingerprint density at radius 3 is 2.31 bits per heavy atom. The molecule has 0 saturated heterocycles. The molecule has 0 aliphatic rings. The number of nitrogens with one attached hydrogen (secondary N) is 1. The second-order valence-corrected chi connectivity index (χ2v) is 4.65. The fourth-order valence-electron chi connectivity index (χ4n) is 1.38. The number of hydrogen-bond donors (Lipinski definition) is 2. The molecule has 0 spiro atoms. The SMILES string of the molecule is Nc1cc(F)cc(Nc2ccc(I)cc2)c1. The summed E-state index contributed by atoms with van der Waals surface area (Å²) in [6.07, 6.45) is 0. The number of benzene rings is 2. The van der Waals surface area contributed by atoms with Crippen molar-refractivity contribution >= 4 is 39.7 Å². The molecule has 2 aromatic rings. The van der Waals surface area contributed by atoms with Gasteiger partial charge in [0, 0.05) is 20.6 Å². The first-order chi connectivity index (χ1) is 7.63. The van der Waals surface area contributed by atoms with Crippen LogP contribution in [0.25, 0.3) is 0 Å². The molecule has 0 aromatic heterocycles. The van der Waals surface area contributed by atoms with E-state index >= 15 is 0 Å². The monoisotopic (exact) mass is 328 g/mol. The second kappa shape index (κ2) is 4.69. The van der Waals surface area contributed by atoms with E-state index in [1.54, 1.807) is 6.07 Å². The molecule has 0 radical (unpaired) electrons. The molecule has 4 heteroatoms. The lowest BCUT2D eigenvalue weighted by molar-refractivity contribution is 0.629. The number of anilines is 3. The van der Waals surface area contributed by atoms with Gasteiger partial charge in [-0.3, -0.25) is 0 Å². The van der Waals surface area contributed by atoms with E-state index in [2.05, 4.69) is 27.9 Å². The van der Waals surface area contributed by atoms with Crippen molar-refractivity contribution < 1.29 is 4.39 Å². The van der Waals surface area contributed by atoms with Crippen LogP contribution in [0.1, 0.15) is 0 Å². The van der Waals surface area contributed by atoms with Gasteiger partial charge < -0.3 is 11.1 Å². The Hall–Kier alpha value is -1.30. The number of hydrogen-bond acceptors (Lipinski definition) is 2. The van der Waals surface area contributed by atoms with Gasteiger partial charge in [-0.05, 0) is 65.1 Å². The van der Waals surface area contributed by atoms with Gasteiger partial charge in [-0.1, -0.05) is 0 Å². The van der Waals surface area contributed by atoms with E-state index in [1.165, 1.54) is 12.1 Å². The quantitative estimate of drug-likeness (QED) is 0.651. The molecular weight excluding hydrogens is 318 g/mol. The Morgan fingerprint density at radius 1 is 1.00 bits per heavy atom. The van der Waals surface area contributed by atoms with Crippen LogP contribution in [-0.2, 0) is 0 Å². The molecule has 3 N–H and O–H groups in total. The summed E-state index contributed by atoms with van der Waals surface area (Å²) in [4.78, 5) is 0. The standard InChI is InChI=1S/C12H10FIN2/c13-8-5-10(15)7-12(6-8)16-11-3-1-9(14)2-4-11/h1-7,16H,15H2. The summed E-state index contributed by atoms with van der Waals surface area (Å²) in [6, 6.07) is 12.2. The summed E-state index contributed by atoms with van der Waals surface area (Å²) in [6.45, 7) is 0. The molecule has 2 nitrogen and oxygen atoms in total. The lowest BCUT2D eigenvalue weighted by Crippen LogP contribution is -1.93. The molecule has 2 rings (SSSR count). The van der Waals surface area contributed by atoms with Crippen molar-refractivity contribution in [3.05, 3.63) is 51.9 Å². The first-order valence-corrected chi connectivity index (χ1v) is 5.80. The van der Waals surface area contributed by atoms with E-state index in [9.17, 15) is 4.39 Å². The first kappa shape index (κ1) is 11.2. The summed E-state index contributed by atoms with van der Waals surface area (Å²) in [7, 11) is 0. The lowest BCUT2D eigenvalue weighted by atomic mass is 10.2. The van der Waals surface area contributed by atoms with E-state index in [-0.39, 0.29) is 5.82 Å². The van der Waals surface area contributed by atoms with Crippen molar-refractivity contribution in [2.75, 3.05) is 11.1 Å². The molecule has 0 unspecified atom stereocenters. The summed E-state index contributed by atoms with van der Waals surface area (Å²) < 4.78 is 14.2.